The number of nitrogens with zero attached hydrogens (tertiary/aromatic N) is 1. The fourth-order valence-corrected chi connectivity index (χ4v) is 3.05. The van der Waals surface area contributed by atoms with E-state index in [-0.39, 0.29) is 0 Å². The molecule has 1 heteroatoms. The van der Waals surface area contributed by atoms with Gasteiger partial charge in [-0.3, -0.25) is 0 Å². The van der Waals surface area contributed by atoms with Crippen LogP contribution in [0.5, 0.6) is 0 Å². The van der Waals surface area contributed by atoms with E-state index >= 15 is 0 Å². The summed E-state index contributed by atoms with van der Waals surface area (Å²) in [6.45, 7) is 5.66. The van der Waals surface area contributed by atoms with Crippen molar-refractivity contribution in [3.05, 3.63) is 41.6 Å². The molecule has 0 spiro atoms. The van der Waals surface area contributed by atoms with E-state index in [1.165, 1.54) is 81.9 Å². The topological polar surface area (TPSA) is 0 Å². The van der Waals surface area contributed by atoms with Gasteiger partial charge in [-0.1, -0.05) is 88.1 Å². The Bertz CT molecular complexity index is 442. The third kappa shape index (κ3) is 10.6. The highest BCUT2D eigenvalue weighted by molar-refractivity contribution is 5.48. The molecule has 0 fully saturated rings. The highest BCUT2D eigenvalue weighted by Gasteiger charge is 2.10. The Balaban J connectivity index is 2.09. The molecule has 0 saturated carbocycles. The lowest BCUT2D eigenvalue weighted by atomic mass is 10.1. The first-order chi connectivity index (χ1) is 11.5. The molecule has 24 heavy (non-hydrogen) atoms. The Hall–Kier alpha value is -1.08. The standard InChI is InChI=1S/C23H40N/c1-5-6-7-8-9-10-11-12-13-14-20-24(3,4)21-19-23-17-15-22(2)16-18-23/h15-19,21H,5-14,20H2,1-4H3/q+1. The molecule has 0 N–H and O–H groups in total. The van der Waals surface area contributed by atoms with Crippen molar-refractivity contribution in [3.8, 4) is 0 Å². The van der Waals surface area contributed by atoms with Crippen LogP contribution in [0.2, 0.25) is 0 Å². The molecule has 1 aromatic rings. The Morgan fingerprint density at radius 2 is 1.25 bits per heavy atom. The molecule has 1 aromatic carbocycles. The average molecular weight is 331 g/mol. The zero-order valence-electron chi connectivity index (χ0n) is 16.7. The molecule has 0 heterocycles. The molecule has 0 atom stereocenters. The monoisotopic (exact) mass is 330 g/mol. The van der Waals surface area contributed by atoms with Gasteiger partial charge in [-0.05, 0) is 31.4 Å². The van der Waals surface area contributed by atoms with Gasteiger partial charge in [0.2, 0.25) is 0 Å². The largest absolute Gasteiger partial charge is 0.302 e. The first-order valence-electron chi connectivity index (χ1n) is 10.1. The molecule has 0 saturated heterocycles. The third-order valence-electron chi connectivity index (χ3n) is 4.84. The highest BCUT2D eigenvalue weighted by Crippen LogP contribution is 2.13. The Morgan fingerprint density at radius 3 is 1.79 bits per heavy atom. The molecule has 0 unspecified atom stereocenters. The molecule has 0 amide bonds. The van der Waals surface area contributed by atoms with Crippen LogP contribution in [0, 0.1) is 6.92 Å². The maximum atomic E-state index is 2.33. The summed E-state index contributed by atoms with van der Waals surface area (Å²) in [5.41, 5.74) is 2.63. The van der Waals surface area contributed by atoms with Crippen molar-refractivity contribution in [3.63, 3.8) is 0 Å². The lowest BCUT2D eigenvalue weighted by molar-refractivity contribution is -0.838. The van der Waals surface area contributed by atoms with Crippen molar-refractivity contribution in [2.45, 2.75) is 78.1 Å². The van der Waals surface area contributed by atoms with Gasteiger partial charge in [0.25, 0.3) is 0 Å². The van der Waals surface area contributed by atoms with E-state index in [2.05, 4.69) is 64.5 Å². The van der Waals surface area contributed by atoms with Gasteiger partial charge in [0.05, 0.1) is 26.8 Å². The van der Waals surface area contributed by atoms with Crippen LogP contribution in [-0.4, -0.2) is 25.1 Å². The van der Waals surface area contributed by atoms with E-state index in [0.717, 1.165) is 4.48 Å². The summed E-state index contributed by atoms with van der Waals surface area (Å²) in [6.07, 6.45) is 18.7. The van der Waals surface area contributed by atoms with Gasteiger partial charge in [-0.25, -0.2) is 0 Å². The molecule has 0 aliphatic carbocycles. The zero-order valence-corrected chi connectivity index (χ0v) is 16.7. The fraction of sp³-hybridized carbons (Fsp3) is 0.652. The normalized spacial score (nSPS) is 12.2. The number of hydrogen-bond donors (Lipinski definition) is 0. The van der Waals surface area contributed by atoms with Crippen molar-refractivity contribution in [1.29, 1.82) is 0 Å². The maximum absolute atomic E-state index is 2.33. The predicted octanol–water partition coefficient (Wildman–Crippen LogP) is 6.96. The third-order valence-corrected chi connectivity index (χ3v) is 4.84. The van der Waals surface area contributed by atoms with Crippen molar-refractivity contribution in [2.75, 3.05) is 20.6 Å². The quantitative estimate of drug-likeness (QED) is 0.271. The number of aryl methyl sites for hydroxylation is 1. The van der Waals surface area contributed by atoms with Crippen LogP contribution in [0.1, 0.15) is 82.3 Å². The van der Waals surface area contributed by atoms with E-state index in [1.54, 1.807) is 0 Å². The Kier molecular flexibility index (Phi) is 10.7. The smallest absolute Gasteiger partial charge is 0.0960 e. The second-order valence-corrected chi connectivity index (χ2v) is 7.91. The lowest BCUT2D eigenvalue weighted by Crippen LogP contribution is -2.34. The summed E-state index contributed by atoms with van der Waals surface area (Å²) in [5.74, 6) is 0. The average Bonchev–Trinajstić information content (AvgIpc) is 2.56. The summed E-state index contributed by atoms with van der Waals surface area (Å²) in [4.78, 5) is 0. The molecule has 0 bridgehead atoms. The number of rotatable bonds is 13. The summed E-state index contributed by atoms with van der Waals surface area (Å²) < 4.78 is 0.977. The first-order valence-corrected chi connectivity index (χ1v) is 10.1. The van der Waals surface area contributed by atoms with Crippen molar-refractivity contribution in [1.82, 2.24) is 0 Å². The molecule has 0 aliphatic heterocycles. The van der Waals surface area contributed by atoms with Crippen LogP contribution in [0.4, 0.5) is 0 Å². The summed E-state index contributed by atoms with van der Waals surface area (Å²) in [5, 5.41) is 0. The summed E-state index contributed by atoms with van der Waals surface area (Å²) >= 11 is 0. The second kappa shape index (κ2) is 12.3. The van der Waals surface area contributed by atoms with Crippen molar-refractivity contribution >= 4 is 6.08 Å². The predicted molar refractivity (Wildman–Crippen MR) is 109 cm³/mol. The van der Waals surface area contributed by atoms with Gasteiger partial charge in [0.1, 0.15) is 0 Å². The maximum Gasteiger partial charge on any atom is 0.0960 e. The minimum atomic E-state index is 0.977. The lowest BCUT2D eigenvalue weighted by Gasteiger charge is -2.25. The molecule has 0 aromatic heterocycles. The van der Waals surface area contributed by atoms with E-state index in [4.69, 9.17) is 0 Å². The molecule has 1 nitrogen and oxygen atoms in total. The Morgan fingerprint density at radius 1 is 0.750 bits per heavy atom. The molecule has 136 valence electrons. The van der Waals surface area contributed by atoms with Crippen LogP contribution in [0.3, 0.4) is 0 Å². The van der Waals surface area contributed by atoms with Crippen molar-refractivity contribution < 1.29 is 4.48 Å². The molecular formula is C23H40N+. The number of hydrogen-bond acceptors (Lipinski definition) is 0. The SMILES string of the molecule is CCCCCCCCCCCC[N+](C)(C)C=Cc1ccc(C)cc1. The zero-order chi connectivity index (χ0) is 17.7. The summed E-state index contributed by atoms with van der Waals surface area (Å²) in [6, 6.07) is 8.77. The van der Waals surface area contributed by atoms with Gasteiger partial charge < -0.3 is 4.48 Å². The minimum absolute atomic E-state index is 0.977. The van der Waals surface area contributed by atoms with Gasteiger partial charge >= 0.3 is 0 Å². The van der Waals surface area contributed by atoms with E-state index in [1.807, 2.05) is 0 Å². The van der Waals surface area contributed by atoms with E-state index < -0.39 is 0 Å². The molecule has 0 radical (unpaired) electrons. The van der Waals surface area contributed by atoms with Crippen LogP contribution in [0.25, 0.3) is 6.08 Å². The minimum Gasteiger partial charge on any atom is -0.302 e. The van der Waals surface area contributed by atoms with Gasteiger partial charge in [0, 0.05) is 0 Å². The molecule has 0 aliphatic rings. The Labute approximate surface area is 151 Å². The number of quaternary nitrogens is 1. The van der Waals surface area contributed by atoms with Crippen LogP contribution in [0.15, 0.2) is 30.5 Å². The van der Waals surface area contributed by atoms with Gasteiger partial charge in [0.15, 0.2) is 0 Å². The fourth-order valence-electron chi connectivity index (χ4n) is 3.05. The van der Waals surface area contributed by atoms with Gasteiger partial charge in [-0.15, -0.1) is 0 Å². The van der Waals surface area contributed by atoms with Crippen molar-refractivity contribution in [2.24, 2.45) is 0 Å². The van der Waals surface area contributed by atoms with Crippen LogP contribution in [-0.2, 0) is 0 Å². The number of unbranched alkanes of at least 4 members (excludes halogenated alkanes) is 9. The molecule has 1 rings (SSSR count). The van der Waals surface area contributed by atoms with Crippen LogP contribution >= 0.6 is 0 Å². The highest BCUT2D eigenvalue weighted by atomic mass is 15.3. The first kappa shape index (κ1) is 21.0. The van der Waals surface area contributed by atoms with Gasteiger partial charge in [-0.2, -0.15) is 0 Å². The van der Waals surface area contributed by atoms with E-state index in [0.29, 0.717) is 0 Å². The number of benzene rings is 1. The second-order valence-electron chi connectivity index (χ2n) is 7.91. The summed E-state index contributed by atoms with van der Waals surface area (Å²) in [7, 11) is 4.61. The molecular weight excluding hydrogens is 290 g/mol. The van der Waals surface area contributed by atoms with E-state index in [9.17, 15) is 0 Å². The van der Waals surface area contributed by atoms with Crippen LogP contribution < -0.4 is 0 Å².